The quantitative estimate of drug-likeness (QED) is 0.745. The monoisotopic (exact) mass is 233 g/mol. The molecule has 2 aromatic rings. The highest BCUT2D eigenvalue weighted by Gasteiger charge is 2.02. The molecule has 0 N–H and O–H groups in total. The van der Waals surface area contributed by atoms with Gasteiger partial charge in [-0.15, -0.1) is 0 Å². The second-order valence-electron chi connectivity index (χ2n) is 3.38. The lowest BCUT2D eigenvalue weighted by atomic mass is 10.1. The molecule has 0 saturated carbocycles. The van der Waals surface area contributed by atoms with Crippen molar-refractivity contribution < 1.29 is 4.74 Å². The van der Waals surface area contributed by atoms with Gasteiger partial charge < -0.3 is 4.74 Å². The van der Waals surface area contributed by atoms with Crippen LogP contribution in [0.4, 0.5) is 0 Å². The summed E-state index contributed by atoms with van der Waals surface area (Å²) in [6.45, 7) is 2.10. The molecule has 0 aliphatic carbocycles. The molecule has 0 saturated heterocycles. The highest BCUT2D eigenvalue weighted by Crippen LogP contribution is 2.26. The second-order valence-corrected chi connectivity index (χ2v) is 3.76. The topological polar surface area (TPSA) is 22.1 Å². The molecule has 0 aliphatic heterocycles. The number of hydrogen-bond donors (Lipinski definition) is 0. The van der Waals surface area contributed by atoms with Gasteiger partial charge in [0.05, 0.1) is 0 Å². The fourth-order valence-corrected chi connectivity index (χ4v) is 1.63. The number of benzene rings is 1. The van der Waals surface area contributed by atoms with Crippen LogP contribution >= 0.6 is 11.6 Å². The summed E-state index contributed by atoms with van der Waals surface area (Å²) >= 11 is 5.79. The van der Waals surface area contributed by atoms with Crippen LogP contribution in [-0.2, 0) is 6.42 Å². The van der Waals surface area contributed by atoms with Crippen molar-refractivity contribution in [3.05, 3.63) is 53.3 Å². The molecule has 2 rings (SSSR count). The van der Waals surface area contributed by atoms with Gasteiger partial charge >= 0.3 is 0 Å². The van der Waals surface area contributed by atoms with Crippen molar-refractivity contribution in [1.82, 2.24) is 4.98 Å². The van der Waals surface area contributed by atoms with Crippen LogP contribution in [0.25, 0.3) is 0 Å². The maximum atomic E-state index is 5.79. The van der Waals surface area contributed by atoms with Gasteiger partial charge in [-0.25, -0.2) is 4.98 Å². The van der Waals surface area contributed by atoms with E-state index in [4.69, 9.17) is 16.3 Å². The van der Waals surface area contributed by atoms with Crippen LogP contribution in [0.2, 0.25) is 5.15 Å². The van der Waals surface area contributed by atoms with Gasteiger partial charge in [-0.05, 0) is 24.1 Å². The van der Waals surface area contributed by atoms with Crippen LogP contribution in [0, 0.1) is 0 Å². The smallest absolute Gasteiger partial charge is 0.132 e. The Hall–Kier alpha value is -1.54. The molecule has 1 aromatic heterocycles. The fourth-order valence-electron chi connectivity index (χ4n) is 1.47. The van der Waals surface area contributed by atoms with Gasteiger partial charge in [-0.2, -0.15) is 0 Å². The fraction of sp³-hybridized carbons (Fsp3) is 0.154. The number of pyridine rings is 1. The molecule has 0 spiro atoms. The third-order valence-corrected chi connectivity index (χ3v) is 2.49. The van der Waals surface area contributed by atoms with Gasteiger partial charge in [0.25, 0.3) is 0 Å². The molecule has 0 bridgehead atoms. The highest BCUT2D eigenvalue weighted by atomic mass is 35.5. The van der Waals surface area contributed by atoms with E-state index in [2.05, 4.69) is 18.0 Å². The molecular formula is C13H12ClNO. The van der Waals surface area contributed by atoms with E-state index in [0.29, 0.717) is 10.9 Å². The van der Waals surface area contributed by atoms with Crippen molar-refractivity contribution in [1.29, 1.82) is 0 Å². The lowest BCUT2D eigenvalue weighted by molar-refractivity contribution is 0.476. The first-order chi connectivity index (χ1) is 7.79. The Morgan fingerprint density at radius 3 is 2.81 bits per heavy atom. The summed E-state index contributed by atoms with van der Waals surface area (Å²) in [4.78, 5) is 3.91. The van der Waals surface area contributed by atoms with Gasteiger partial charge in [0.2, 0.25) is 0 Å². The summed E-state index contributed by atoms with van der Waals surface area (Å²) in [7, 11) is 0. The Balaban J connectivity index is 2.26. The van der Waals surface area contributed by atoms with Crippen LogP contribution in [0.3, 0.4) is 0 Å². The Kier molecular flexibility index (Phi) is 3.42. The van der Waals surface area contributed by atoms with Crippen LogP contribution in [0.1, 0.15) is 12.5 Å². The molecule has 0 aliphatic rings. The number of halogens is 1. The Bertz CT molecular complexity index is 485. The molecule has 2 nitrogen and oxygen atoms in total. The predicted octanol–water partition coefficient (Wildman–Crippen LogP) is 4.09. The third kappa shape index (κ3) is 2.52. The average Bonchev–Trinajstić information content (AvgIpc) is 2.30. The first-order valence-electron chi connectivity index (χ1n) is 5.17. The molecule has 3 heteroatoms. The normalized spacial score (nSPS) is 10.1. The summed E-state index contributed by atoms with van der Waals surface area (Å²) in [6, 6.07) is 11.5. The number of hydrogen-bond acceptors (Lipinski definition) is 2. The minimum atomic E-state index is 0.437. The molecule has 0 atom stereocenters. The highest BCUT2D eigenvalue weighted by molar-refractivity contribution is 6.29. The predicted molar refractivity (Wildman–Crippen MR) is 65.1 cm³/mol. The number of aryl methyl sites for hydroxylation is 1. The molecule has 0 radical (unpaired) electrons. The minimum Gasteiger partial charge on any atom is -0.457 e. The van der Waals surface area contributed by atoms with Crippen LogP contribution in [0.15, 0.2) is 42.6 Å². The lowest BCUT2D eigenvalue weighted by Crippen LogP contribution is -1.90. The van der Waals surface area contributed by atoms with Gasteiger partial charge in [0.1, 0.15) is 16.7 Å². The van der Waals surface area contributed by atoms with Gasteiger partial charge in [-0.3, -0.25) is 0 Å². The standard InChI is InChI=1S/C13H12ClNO/c1-2-10-5-3-4-6-12(10)16-11-7-8-15-13(14)9-11/h3-9H,2H2,1H3. The minimum absolute atomic E-state index is 0.437. The zero-order chi connectivity index (χ0) is 11.4. The van der Waals surface area contributed by atoms with Crippen molar-refractivity contribution in [2.24, 2.45) is 0 Å². The molecular weight excluding hydrogens is 222 g/mol. The van der Waals surface area contributed by atoms with E-state index in [9.17, 15) is 0 Å². The molecule has 1 aromatic carbocycles. The Morgan fingerprint density at radius 2 is 2.06 bits per heavy atom. The first kappa shape index (κ1) is 11.0. The van der Waals surface area contributed by atoms with Crippen LogP contribution in [0.5, 0.6) is 11.5 Å². The molecule has 16 heavy (non-hydrogen) atoms. The van der Waals surface area contributed by atoms with E-state index >= 15 is 0 Å². The Morgan fingerprint density at radius 1 is 1.25 bits per heavy atom. The zero-order valence-electron chi connectivity index (χ0n) is 8.98. The summed E-state index contributed by atoms with van der Waals surface area (Å²) < 4.78 is 5.76. The van der Waals surface area contributed by atoms with Crippen molar-refractivity contribution in [3.63, 3.8) is 0 Å². The number of rotatable bonds is 3. The van der Waals surface area contributed by atoms with Crippen molar-refractivity contribution in [3.8, 4) is 11.5 Å². The number of aromatic nitrogens is 1. The van der Waals surface area contributed by atoms with Crippen LogP contribution < -0.4 is 4.74 Å². The largest absolute Gasteiger partial charge is 0.457 e. The average molecular weight is 234 g/mol. The Labute approximate surface area is 99.9 Å². The van der Waals surface area contributed by atoms with E-state index in [1.165, 1.54) is 5.56 Å². The molecule has 0 unspecified atom stereocenters. The number of para-hydroxylation sites is 1. The van der Waals surface area contributed by atoms with Crippen molar-refractivity contribution >= 4 is 11.6 Å². The van der Waals surface area contributed by atoms with E-state index in [1.54, 1.807) is 18.3 Å². The van der Waals surface area contributed by atoms with E-state index in [1.807, 2.05) is 18.2 Å². The van der Waals surface area contributed by atoms with E-state index < -0.39 is 0 Å². The maximum absolute atomic E-state index is 5.79. The summed E-state index contributed by atoms with van der Waals surface area (Å²) in [5.41, 5.74) is 1.18. The van der Waals surface area contributed by atoms with Gasteiger partial charge in [0, 0.05) is 12.3 Å². The summed E-state index contributed by atoms with van der Waals surface area (Å²) in [5, 5.41) is 0.437. The molecule has 0 amide bonds. The number of ether oxygens (including phenoxy) is 1. The lowest BCUT2D eigenvalue weighted by Gasteiger charge is -2.09. The van der Waals surface area contributed by atoms with Gasteiger partial charge in [0.15, 0.2) is 0 Å². The SMILES string of the molecule is CCc1ccccc1Oc1ccnc(Cl)c1. The molecule has 0 fully saturated rings. The summed E-state index contributed by atoms with van der Waals surface area (Å²) in [5.74, 6) is 1.58. The van der Waals surface area contributed by atoms with E-state index in [-0.39, 0.29) is 0 Å². The van der Waals surface area contributed by atoms with E-state index in [0.717, 1.165) is 12.2 Å². The molecule has 1 heterocycles. The number of nitrogens with zero attached hydrogens (tertiary/aromatic N) is 1. The maximum Gasteiger partial charge on any atom is 0.132 e. The van der Waals surface area contributed by atoms with Crippen LogP contribution in [-0.4, -0.2) is 4.98 Å². The summed E-state index contributed by atoms with van der Waals surface area (Å²) in [6.07, 6.45) is 2.57. The second kappa shape index (κ2) is 4.99. The van der Waals surface area contributed by atoms with Crippen molar-refractivity contribution in [2.45, 2.75) is 13.3 Å². The zero-order valence-corrected chi connectivity index (χ0v) is 9.74. The van der Waals surface area contributed by atoms with Gasteiger partial charge in [-0.1, -0.05) is 36.7 Å². The first-order valence-corrected chi connectivity index (χ1v) is 5.54. The molecule has 82 valence electrons. The third-order valence-electron chi connectivity index (χ3n) is 2.28. The van der Waals surface area contributed by atoms with Crippen molar-refractivity contribution in [2.75, 3.05) is 0 Å².